The first-order valence-corrected chi connectivity index (χ1v) is 10.8. The number of aliphatic carboxylic acids is 2. The molecule has 0 spiro atoms. The molecule has 0 amide bonds. The minimum atomic E-state index is -0.602. The molecule has 3 rings (SSSR count). The van der Waals surface area contributed by atoms with Gasteiger partial charge in [0.2, 0.25) is 0 Å². The molecule has 170 valence electrons. The Balaban J connectivity index is 0. The van der Waals surface area contributed by atoms with E-state index in [1.165, 1.54) is 29.6 Å². The third-order valence-electron chi connectivity index (χ3n) is 6.47. The Morgan fingerprint density at radius 1 is 0.800 bits per heavy atom. The first-order chi connectivity index (χ1) is 13.1. The SMILES string of the molecule is CC1=[C-]C(C)(C)C(C)=C1C.O=C(O)C1CCCCC1.O=C(O)C1CCCCC1.[CH3-].[Ti+2]. The van der Waals surface area contributed by atoms with Crippen LogP contribution in [-0.2, 0) is 31.3 Å². The Kier molecular flexibility index (Phi) is 15.7. The van der Waals surface area contributed by atoms with Crippen LogP contribution in [0, 0.1) is 30.8 Å². The molecule has 0 heterocycles. The smallest absolute Gasteiger partial charge is 0.481 e. The van der Waals surface area contributed by atoms with E-state index in [9.17, 15) is 9.59 Å². The van der Waals surface area contributed by atoms with Gasteiger partial charge in [0.1, 0.15) is 0 Å². The number of rotatable bonds is 2. The van der Waals surface area contributed by atoms with E-state index in [1.807, 2.05) is 0 Å². The van der Waals surface area contributed by atoms with Crippen molar-refractivity contribution >= 4 is 11.9 Å². The Morgan fingerprint density at radius 3 is 1.27 bits per heavy atom. The summed E-state index contributed by atoms with van der Waals surface area (Å²) >= 11 is 0. The zero-order valence-corrected chi connectivity index (χ0v) is 21.5. The van der Waals surface area contributed by atoms with Crippen molar-refractivity contribution in [3.05, 3.63) is 30.2 Å². The molecular weight excluding hydrogens is 412 g/mol. The summed E-state index contributed by atoms with van der Waals surface area (Å²) < 4.78 is 0. The Morgan fingerprint density at radius 2 is 1.13 bits per heavy atom. The molecule has 2 saturated carbocycles. The monoisotopic (exact) mass is 454 g/mol. The van der Waals surface area contributed by atoms with Gasteiger partial charge < -0.3 is 17.6 Å². The van der Waals surface area contributed by atoms with Crippen LogP contribution in [0.2, 0.25) is 0 Å². The molecule has 2 fully saturated rings. The second-order valence-electron chi connectivity index (χ2n) is 8.97. The van der Waals surface area contributed by atoms with Gasteiger partial charge in [-0.15, -0.1) is 6.92 Å². The van der Waals surface area contributed by atoms with Crippen LogP contribution >= 0.6 is 0 Å². The van der Waals surface area contributed by atoms with Gasteiger partial charge in [0.15, 0.2) is 0 Å². The summed E-state index contributed by atoms with van der Waals surface area (Å²) in [5, 5.41) is 17.1. The first kappa shape index (κ1) is 31.3. The number of carboxylic acid groups (broad SMARTS) is 2. The molecule has 0 bridgehead atoms. The fourth-order valence-corrected chi connectivity index (χ4v) is 4.11. The summed E-state index contributed by atoms with van der Waals surface area (Å²) in [6.07, 6.45) is 13.9. The van der Waals surface area contributed by atoms with E-state index in [1.54, 1.807) is 0 Å². The third-order valence-corrected chi connectivity index (χ3v) is 6.47. The summed E-state index contributed by atoms with van der Waals surface area (Å²) in [6.45, 7) is 10.9. The Bertz CT molecular complexity index is 564. The molecule has 0 aromatic heterocycles. The zero-order valence-electron chi connectivity index (χ0n) is 19.9. The van der Waals surface area contributed by atoms with Crippen LogP contribution in [0.4, 0.5) is 0 Å². The molecule has 0 unspecified atom stereocenters. The molecule has 3 aliphatic carbocycles. The maximum absolute atomic E-state index is 10.4. The molecule has 3 aliphatic rings. The molecule has 0 atom stereocenters. The quantitative estimate of drug-likeness (QED) is 0.353. The van der Waals surface area contributed by atoms with Crippen LogP contribution in [0.15, 0.2) is 16.7 Å². The van der Waals surface area contributed by atoms with Crippen molar-refractivity contribution in [2.24, 2.45) is 17.3 Å². The topological polar surface area (TPSA) is 74.6 Å². The molecule has 4 nitrogen and oxygen atoms in total. The van der Waals surface area contributed by atoms with Gasteiger partial charge in [-0.05, 0) is 25.7 Å². The van der Waals surface area contributed by atoms with E-state index in [2.05, 4.69) is 40.7 Å². The molecule has 30 heavy (non-hydrogen) atoms. The number of carboxylic acids is 2. The molecule has 0 saturated heterocycles. The van der Waals surface area contributed by atoms with Crippen LogP contribution in [0.1, 0.15) is 98.8 Å². The summed E-state index contributed by atoms with van der Waals surface area (Å²) in [5.74, 6) is -1.26. The van der Waals surface area contributed by atoms with Crippen molar-refractivity contribution in [2.75, 3.05) is 0 Å². The van der Waals surface area contributed by atoms with Gasteiger partial charge in [0.05, 0.1) is 11.8 Å². The van der Waals surface area contributed by atoms with Crippen LogP contribution in [0.3, 0.4) is 0 Å². The second kappa shape index (κ2) is 15.0. The van der Waals surface area contributed by atoms with Crippen molar-refractivity contribution in [1.29, 1.82) is 0 Å². The minimum Gasteiger partial charge on any atom is -0.481 e. The fourth-order valence-electron chi connectivity index (χ4n) is 4.11. The van der Waals surface area contributed by atoms with Crippen LogP contribution in [0.5, 0.6) is 0 Å². The molecule has 0 aromatic rings. The van der Waals surface area contributed by atoms with E-state index in [0.29, 0.717) is 0 Å². The zero-order chi connectivity index (χ0) is 21.3. The molecular formula is C25H42O4Ti. The number of hydrogen-bond donors (Lipinski definition) is 2. The van der Waals surface area contributed by atoms with Crippen LogP contribution < -0.4 is 0 Å². The van der Waals surface area contributed by atoms with E-state index >= 15 is 0 Å². The van der Waals surface area contributed by atoms with Crippen molar-refractivity contribution < 1.29 is 41.5 Å². The van der Waals surface area contributed by atoms with Gasteiger partial charge in [0.25, 0.3) is 0 Å². The predicted octanol–water partition coefficient (Wildman–Crippen LogP) is 6.86. The maximum atomic E-state index is 10.4. The van der Waals surface area contributed by atoms with Gasteiger partial charge in [-0.25, -0.2) is 5.57 Å². The van der Waals surface area contributed by atoms with Crippen LogP contribution in [0.25, 0.3) is 0 Å². The van der Waals surface area contributed by atoms with Gasteiger partial charge in [-0.3, -0.25) is 15.7 Å². The third kappa shape index (κ3) is 10.4. The van der Waals surface area contributed by atoms with E-state index < -0.39 is 11.9 Å². The first-order valence-electron chi connectivity index (χ1n) is 10.8. The Hall–Kier alpha value is -0.866. The Labute approximate surface area is 199 Å². The van der Waals surface area contributed by atoms with Gasteiger partial charge in [0, 0.05) is 0 Å². The van der Waals surface area contributed by atoms with Gasteiger partial charge in [-0.1, -0.05) is 71.6 Å². The summed E-state index contributed by atoms with van der Waals surface area (Å²) in [5.41, 5.74) is 4.39. The van der Waals surface area contributed by atoms with Crippen molar-refractivity contribution in [3.63, 3.8) is 0 Å². The second-order valence-corrected chi connectivity index (χ2v) is 8.97. The maximum Gasteiger partial charge on any atom is 2.00 e. The number of carbonyl (C=O) groups is 2. The average Bonchev–Trinajstić information content (AvgIpc) is 2.85. The van der Waals surface area contributed by atoms with E-state index in [-0.39, 0.29) is 46.4 Å². The molecule has 2 N–H and O–H groups in total. The number of allylic oxidation sites excluding steroid dienone is 4. The van der Waals surface area contributed by atoms with E-state index in [4.69, 9.17) is 10.2 Å². The summed E-state index contributed by atoms with van der Waals surface area (Å²) in [7, 11) is 0. The minimum absolute atomic E-state index is 0. The fraction of sp³-hybridized carbons (Fsp3) is 0.720. The standard InChI is InChI=1S/C10H15.2C7H12O2.CH3.Ti/c1-7-6-10(4,5)9(3)8(7)2;2*8-7(9)6-4-2-1-3-5-6;;/h1-5H3;2*6H,1-5H2,(H,8,9);1H3;/q-1;;;-1;+2. The molecule has 0 aliphatic heterocycles. The number of hydrogen-bond acceptors (Lipinski definition) is 2. The van der Waals surface area contributed by atoms with Crippen molar-refractivity contribution in [2.45, 2.75) is 98.8 Å². The molecule has 0 aromatic carbocycles. The largest absolute Gasteiger partial charge is 2.00 e. The molecule has 5 heteroatoms. The predicted molar refractivity (Wildman–Crippen MR) is 119 cm³/mol. The van der Waals surface area contributed by atoms with E-state index in [0.717, 1.165) is 51.4 Å². The van der Waals surface area contributed by atoms with Crippen molar-refractivity contribution in [3.8, 4) is 0 Å². The summed E-state index contributed by atoms with van der Waals surface area (Å²) in [6, 6.07) is 0. The van der Waals surface area contributed by atoms with Gasteiger partial charge >= 0.3 is 33.7 Å². The van der Waals surface area contributed by atoms with Crippen LogP contribution in [-0.4, -0.2) is 22.2 Å². The molecule has 0 radical (unpaired) electrons. The normalized spacial score (nSPS) is 20.9. The van der Waals surface area contributed by atoms with Gasteiger partial charge in [-0.2, -0.15) is 11.1 Å². The average molecular weight is 454 g/mol. The summed E-state index contributed by atoms with van der Waals surface area (Å²) in [4.78, 5) is 20.7. The van der Waals surface area contributed by atoms with Crippen molar-refractivity contribution in [1.82, 2.24) is 0 Å².